The van der Waals surface area contributed by atoms with Gasteiger partial charge in [0.2, 0.25) is 0 Å². The Morgan fingerprint density at radius 3 is 2.64 bits per heavy atom. The number of benzene rings is 1. The summed E-state index contributed by atoms with van der Waals surface area (Å²) in [7, 11) is 0. The molecule has 0 atom stereocenters. The Labute approximate surface area is 244 Å². The summed E-state index contributed by atoms with van der Waals surface area (Å²) >= 11 is 0. The van der Waals surface area contributed by atoms with Gasteiger partial charge in [-0.25, -0.2) is 13.8 Å². The lowest BCUT2D eigenvalue weighted by molar-refractivity contribution is 0.503. The summed E-state index contributed by atoms with van der Waals surface area (Å²) in [5.41, 5.74) is 3.93. The van der Waals surface area contributed by atoms with Crippen LogP contribution in [0.1, 0.15) is 39.5 Å². The SMILES string of the molecule is C=C/C(=C\C(=C/C)C(=C)/C(F)=c1/c(-c2nc3c(-c4ccccc4F)nccc3[nH]2)n[nH]/c1=C/C)CNCC1CCCC1. The summed E-state index contributed by atoms with van der Waals surface area (Å²) in [6.07, 6.45) is 14.0. The van der Waals surface area contributed by atoms with Crippen LogP contribution in [0.2, 0.25) is 0 Å². The largest absolute Gasteiger partial charge is 0.336 e. The van der Waals surface area contributed by atoms with E-state index in [-0.39, 0.29) is 10.8 Å². The van der Waals surface area contributed by atoms with Crippen LogP contribution in [0.25, 0.3) is 45.7 Å². The first kappa shape index (κ1) is 29.1. The van der Waals surface area contributed by atoms with E-state index < -0.39 is 11.6 Å². The molecule has 1 aliphatic rings. The smallest absolute Gasteiger partial charge is 0.159 e. The molecule has 1 saturated carbocycles. The first-order valence-corrected chi connectivity index (χ1v) is 14.3. The molecule has 0 aliphatic heterocycles. The molecule has 42 heavy (non-hydrogen) atoms. The minimum atomic E-state index is -0.522. The summed E-state index contributed by atoms with van der Waals surface area (Å²) < 4.78 is 31.0. The molecule has 3 heterocycles. The predicted octanol–water partition coefficient (Wildman–Crippen LogP) is 6.43. The molecule has 1 fully saturated rings. The number of aromatic nitrogens is 5. The number of hydrogen-bond donors (Lipinski definition) is 3. The Balaban J connectivity index is 1.51. The molecule has 6 nitrogen and oxygen atoms in total. The number of hydrogen-bond acceptors (Lipinski definition) is 4. The number of allylic oxidation sites excluding steroid dienone is 4. The maximum atomic E-state index is 16.4. The van der Waals surface area contributed by atoms with Crippen LogP contribution in [0.4, 0.5) is 8.78 Å². The number of imidazole rings is 1. The zero-order valence-electron chi connectivity index (χ0n) is 24.1. The highest BCUT2D eigenvalue weighted by atomic mass is 19.1. The van der Waals surface area contributed by atoms with Crippen molar-refractivity contribution in [3.8, 4) is 22.8 Å². The van der Waals surface area contributed by atoms with Gasteiger partial charge in [-0.05, 0) is 68.5 Å². The van der Waals surface area contributed by atoms with Gasteiger partial charge in [-0.15, -0.1) is 0 Å². The van der Waals surface area contributed by atoms with E-state index in [0.717, 1.165) is 18.0 Å². The number of H-pyrrole nitrogens is 2. The molecule has 1 aromatic carbocycles. The van der Waals surface area contributed by atoms with Crippen molar-refractivity contribution < 1.29 is 8.78 Å². The van der Waals surface area contributed by atoms with Crippen LogP contribution in [0.3, 0.4) is 0 Å². The number of fused-ring (bicyclic) bond motifs is 1. The van der Waals surface area contributed by atoms with Crippen molar-refractivity contribution in [2.24, 2.45) is 5.92 Å². The fourth-order valence-corrected chi connectivity index (χ4v) is 5.50. The maximum Gasteiger partial charge on any atom is 0.159 e. The topological polar surface area (TPSA) is 82.3 Å². The monoisotopic (exact) mass is 566 g/mol. The Bertz CT molecular complexity index is 1800. The van der Waals surface area contributed by atoms with E-state index in [0.29, 0.717) is 51.3 Å². The highest BCUT2D eigenvalue weighted by molar-refractivity contribution is 5.91. The van der Waals surface area contributed by atoms with Crippen LogP contribution in [0, 0.1) is 11.7 Å². The Morgan fingerprint density at radius 2 is 1.93 bits per heavy atom. The summed E-state index contributed by atoms with van der Waals surface area (Å²) in [4.78, 5) is 12.3. The van der Waals surface area contributed by atoms with E-state index in [9.17, 15) is 4.39 Å². The molecule has 0 saturated heterocycles. The quantitative estimate of drug-likeness (QED) is 0.193. The first-order chi connectivity index (χ1) is 20.4. The molecule has 0 amide bonds. The predicted molar refractivity (Wildman–Crippen MR) is 167 cm³/mol. The number of rotatable bonds is 10. The highest BCUT2D eigenvalue weighted by Gasteiger charge is 2.20. The van der Waals surface area contributed by atoms with Crippen LogP contribution in [0.15, 0.2) is 84.6 Å². The van der Waals surface area contributed by atoms with Crippen molar-refractivity contribution in [3.05, 3.63) is 101 Å². The number of halogens is 2. The van der Waals surface area contributed by atoms with Gasteiger partial charge in [-0.1, -0.05) is 62.4 Å². The molecule has 216 valence electrons. The van der Waals surface area contributed by atoms with Crippen LogP contribution >= 0.6 is 0 Å². The number of nitrogens with zero attached hydrogens (tertiary/aromatic N) is 3. The van der Waals surface area contributed by atoms with Crippen molar-refractivity contribution >= 4 is 22.9 Å². The van der Waals surface area contributed by atoms with Gasteiger partial charge in [0.15, 0.2) is 5.82 Å². The van der Waals surface area contributed by atoms with Crippen molar-refractivity contribution in [1.82, 2.24) is 30.5 Å². The second-order valence-electron chi connectivity index (χ2n) is 10.5. The van der Waals surface area contributed by atoms with Crippen LogP contribution in [-0.4, -0.2) is 38.2 Å². The van der Waals surface area contributed by atoms with Gasteiger partial charge in [-0.3, -0.25) is 10.1 Å². The lowest BCUT2D eigenvalue weighted by atomic mass is 10.0. The van der Waals surface area contributed by atoms with E-state index in [1.165, 1.54) is 31.7 Å². The summed E-state index contributed by atoms with van der Waals surface area (Å²) in [6.45, 7) is 13.4. The lowest BCUT2D eigenvalue weighted by Crippen LogP contribution is -2.26. The molecule has 0 unspecified atom stereocenters. The van der Waals surface area contributed by atoms with Crippen LogP contribution in [-0.2, 0) is 0 Å². The third-order valence-corrected chi connectivity index (χ3v) is 7.82. The third kappa shape index (κ3) is 5.94. The van der Waals surface area contributed by atoms with Crippen LogP contribution in [0.5, 0.6) is 0 Å². The second kappa shape index (κ2) is 13.0. The Hall–Kier alpha value is -4.43. The number of nitrogens with one attached hydrogen (secondary N) is 3. The van der Waals surface area contributed by atoms with E-state index in [4.69, 9.17) is 4.98 Å². The molecule has 0 spiro atoms. The zero-order chi connectivity index (χ0) is 29.6. The van der Waals surface area contributed by atoms with Crippen molar-refractivity contribution in [1.29, 1.82) is 0 Å². The van der Waals surface area contributed by atoms with Gasteiger partial charge in [0.05, 0.1) is 16.1 Å². The summed E-state index contributed by atoms with van der Waals surface area (Å²) in [5.74, 6) is 0.128. The number of pyridine rings is 1. The zero-order valence-corrected chi connectivity index (χ0v) is 24.1. The van der Waals surface area contributed by atoms with Crippen molar-refractivity contribution in [2.75, 3.05) is 13.1 Å². The van der Waals surface area contributed by atoms with Gasteiger partial charge >= 0.3 is 0 Å². The van der Waals surface area contributed by atoms with Crippen molar-refractivity contribution in [2.45, 2.75) is 39.5 Å². The molecule has 0 radical (unpaired) electrons. The van der Waals surface area contributed by atoms with E-state index in [1.54, 1.807) is 49.5 Å². The Kier molecular flexibility index (Phi) is 9.03. The van der Waals surface area contributed by atoms with Gasteiger partial charge in [0.1, 0.15) is 28.5 Å². The molecule has 3 N–H and O–H groups in total. The normalized spacial score (nSPS) is 16.0. The molecular formula is C34H36F2N6. The van der Waals surface area contributed by atoms with Crippen LogP contribution < -0.4 is 15.9 Å². The Morgan fingerprint density at radius 1 is 1.14 bits per heavy atom. The fourth-order valence-electron chi connectivity index (χ4n) is 5.50. The summed E-state index contributed by atoms with van der Waals surface area (Å²) in [6, 6.07) is 8.15. The van der Waals surface area contributed by atoms with Gasteiger partial charge < -0.3 is 10.3 Å². The second-order valence-corrected chi connectivity index (χ2v) is 10.5. The molecule has 4 aromatic rings. The maximum absolute atomic E-state index is 16.4. The average molecular weight is 567 g/mol. The van der Waals surface area contributed by atoms with E-state index in [1.807, 2.05) is 19.1 Å². The van der Waals surface area contributed by atoms with E-state index in [2.05, 4.69) is 38.6 Å². The molecular weight excluding hydrogens is 530 g/mol. The molecule has 0 bridgehead atoms. The van der Waals surface area contributed by atoms with Gasteiger partial charge in [0.25, 0.3) is 0 Å². The molecule has 5 rings (SSSR count). The van der Waals surface area contributed by atoms with Gasteiger partial charge in [-0.2, -0.15) is 5.10 Å². The summed E-state index contributed by atoms with van der Waals surface area (Å²) in [5, 5.41) is 11.6. The highest BCUT2D eigenvalue weighted by Crippen LogP contribution is 2.29. The lowest BCUT2D eigenvalue weighted by Gasteiger charge is -2.12. The minimum absolute atomic E-state index is 0.225. The molecule has 1 aliphatic carbocycles. The van der Waals surface area contributed by atoms with Gasteiger partial charge in [0, 0.05) is 23.9 Å². The van der Waals surface area contributed by atoms with Crippen molar-refractivity contribution in [3.63, 3.8) is 0 Å². The molecule has 8 heteroatoms. The fraction of sp³-hybridized carbons (Fsp3) is 0.265. The average Bonchev–Trinajstić information content (AvgIpc) is 3.78. The molecule has 3 aromatic heterocycles. The van der Waals surface area contributed by atoms with E-state index >= 15 is 4.39 Å². The third-order valence-electron chi connectivity index (χ3n) is 7.82. The standard InChI is InChI=1S/C34H36F2N6/c1-5-22(19-37-20-23-12-8-9-13-23)18-24(6-2)21(4)30(36)29-27(7-3)41-42-33(29)34-39-28-16-17-38-31(32(28)40-34)25-14-10-11-15-26(25)35/h5-7,10-11,14-18,23,37,41H,1,4,8-9,12-13,19-20H2,2-3H3,(H,39,40)/b22-18+,24-6+,27-7+,30-29-. The number of aromatic amines is 2. The minimum Gasteiger partial charge on any atom is -0.336 e. The first-order valence-electron chi connectivity index (χ1n) is 14.3.